The fourth-order valence-electron chi connectivity index (χ4n) is 3.23. The lowest BCUT2D eigenvalue weighted by Crippen LogP contribution is -2.25. The van der Waals surface area contributed by atoms with Crippen LogP contribution in [0.15, 0.2) is 24.3 Å². The molecule has 0 unspecified atom stereocenters. The summed E-state index contributed by atoms with van der Waals surface area (Å²) in [6.07, 6.45) is 3.35. The number of methoxy groups -OCH3 is 1. The third kappa shape index (κ3) is 4.46. The van der Waals surface area contributed by atoms with Gasteiger partial charge < -0.3 is 9.64 Å². The van der Waals surface area contributed by atoms with E-state index in [1.165, 1.54) is 12.8 Å². The molecule has 6 nitrogen and oxygen atoms in total. The van der Waals surface area contributed by atoms with Gasteiger partial charge in [0.2, 0.25) is 10.7 Å². The standard InChI is InChI=1S/C18H26ClN5OS/c1-21(9-6-12-25-2)14-23-18(26)24(16-8-5-7-15(19)13-16)17(20-23)22-10-3-4-11-22/h5,7-8,13H,3-4,6,9-12,14H2,1-2H3. The van der Waals surface area contributed by atoms with Gasteiger partial charge in [0.05, 0.1) is 12.4 Å². The van der Waals surface area contributed by atoms with Gasteiger partial charge in [-0.15, -0.1) is 5.10 Å². The van der Waals surface area contributed by atoms with Crippen molar-refractivity contribution in [1.82, 2.24) is 19.2 Å². The van der Waals surface area contributed by atoms with E-state index < -0.39 is 0 Å². The average Bonchev–Trinajstić information content (AvgIpc) is 3.24. The minimum Gasteiger partial charge on any atom is -0.385 e. The first-order valence-corrected chi connectivity index (χ1v) is 9.77. The summed E-state index contributed by atoms with van der Waals surface area (Å²) in [5, 5.41) is 5.55. The Morgan fingerprint density at radius 1 is 1.31 bits per heavy atom. The first-order valence-electron chi connectivity index (χ1n) is 8.98. The Labute approximate surface area is 164 Å². The quantitative estimate of drug-likeness (QED) is 0.504. The number of aromatic nitrogens is 3. The Morgan fingerprint density at radius 2 is 2.08 bits per heavy atom. The molecule has 2 heterocycles. The van der Waals surface area contributed by atoms with E-state index in [0.717, 1.165) is 44.3 Å². The van der Waals surface area contributed by atoms with Gasteiger partial charge in [0.1, 0.15) is 0 Å². The van der Waals surface area contributed by atoms with Crippen molar-refractivity contribution in [2.45, 2.75) is 25.9 Å². The minimum atomic E-state index is 0.650. The number of ether oxygens (including phenoxy) is 1. The largest absolute Gasteiger partial charge is 0.385 e. The molecule has 0 amide bonds. The third-order valence-electron chi connectivity index (χ3n) is 4.54. The fraction of sp³-hybridized carbons (Fsp3) is 0.556. The van der Waals surface area contributed by atoms with Gasteiger partial charge in [0, 0.05) is 38.4 Å². The van der Waals surface area contributed by atoms with Gasteiger partial charge in [-0.1, -0.05) is 17.7 Å². The predicted octanol–water partition coefficient (Wildman–Crippen LogP) is 3.58. The molecule has 26 heavy (non-hydrogen) atoms. The van der Waals surface area contributed by atoms with Gasteiger partial charge in [-0.3, -0.25) is 9.47 Å². The molecule has 0 atom stereocenters. The molecular weight excluding hydrogens is 370 g/mol. The second kappa shape index (κ2) is 8.99. The monoisotopic (exact) mass is 395 g/mol. The summed E-state index contributed by atoms with van der Waals surface area (Å²) in [7, 11) is 3.80. The highest BCUT2D eigenvalue weighted by Crippen LogP contribution is 2.25. The summed E-state index contributed by atoms with van der Waals surface area (Å²) >= 11 is 12.0. The van der Waals surface area contributed by atoms with E-state index in [-0.39, 0.29) is 0 Å². The highest BCUT2D eigenvalue weighted by Gasteiger charge is 2.22. The van der Waals surface area contributed by atoms with Crippen LogP contribution in [0.4, 0.5) is 5.95 Å². The predicted molar refractivity (Wildman–Crippen MR) is 108 cm³/mol. The molecule has 1 aliphatic heterocycles. The zero-order chi connectivity index (χ0) is 18.5. The van der Waals surface area contributed by atoms with Gasteiger partial charge in [-0.25, -0.2) is 4.68 Å². The number of rotatable bonds is 8. The third-order valence-corrected chi connectivity index (χ3v) is 5.17. The van der Waals surface area contributed by atoms with Crippen LogP contribution in [0.2, 0.25) is 5.02 Å². The van der Waals surface area contributed by atoms with Crippen LogP contribution in [0.3, 0.4) is 0 Å². The van der Waals surface area contributed by atoms with E-state index in [0.29, 0.717) is 16.5 Å². The maximum atomic E-state index is 6.21. The molecule has 1 aromatic heterocycles. The van der Waals surface area contributed by atoms with Crippen molar-refractivity contribution >= 4 is 29.8 Å². The molecule has 0 spiro atoms. The lowest BCUT2D eigenvalue weighted by Gasteiger charge is -2.17. The van der Waals surface area contributed by atoms with Crippen LogP contribution in [0.1, 0.15) is 19.3 Å². The Balaban J connectivity index is 1.91. The Kier molecular flexibility index (Phi) is 6.69. The van der Waals surface area contributed by atoms with Crippen molar-refractivity contribution in [1.29, 1.82) is 0 Å². The second-order valence-electron chi connectivity index (χ2n) is 6.66. The van der Waals surface area contributed by atoms with E-state index >= 15 is 0 Å². The van der Waals surface area contributed by atoms with Crippen molar-refractivity contribution < 1.29 is 4.74 Å². The number of hydrogen-bond donors (Lipinski definition) is 0. The smallest absolute Gasteiger partial charge is 0.230 e. The Bertz CT molecular complexity index is 784. The van der Waals surface area contributed by atoms with Crippen molar-refractivity contribution in [2.24, 2.45) is 0 Å². The van der Waals surface area contributed by atoms with Crippen molar-refractivity contribution in [3.8, 4) is 5.69 Å². The number of nitrogens with zero attached hydrogens (tertiary/aromatic N) is 5. The summed E-state index contributed by atoms with van der Waals surface area (Å²) in [4.78, 5) is 4.51. The second-order valence-corrected chi connectivity index (χ2v) is 7.46. The van der Waals surface area contributed by atoms with Gasteiger partial charge in [0.15, 0.2) is 0 Å². The van der Waals surface area contributed by atoms with Gasteiger partial charge in [-0.2, -0.15) is 0 Å². The van der Waals surface area contributed by atoms with E-state index in [1.54, 1.807) is 7.11 Å². The van der Waals surface area contributed by atoms with E-state index in [9.17, 15) is 0 Å². The van der Waals surface area contributed by atoms with Crippen LogP contribution in [0.5, 0.6) is 0 Å². The molecule has 1 fully saturated rings. The number of hydrogen-bond acceptors (Lipinski definition) is 5. The summed E-state index contributed by atoms with van der Waals surface area (Å²) in [5.41, 5.74) is 0.956. The van der Waals surface area contributed by atoms with Crippen molar-refractivity contribution in [3.05, 3.63) is 34.1 Å². The molecule has 0 saturated carbocycles. The molecular formula is C18H26ClN5OS. The molecule has 1 aromatic carbocycles. The van der Waals surface area contributed by atoms with Crippen LogP contribution in [0.25, 0.3) is 5.69 Å². The van der Waals surface area contributed by atoms with Crippen LogP contribution in [-0.2, 0) is 11.4 Å². The maximum Gasteiger partial charge on any atom is 0.230 e. The minimum absolute atomic E-state index is 0.650. The molecule has 1 aliphatic rings. The molecule has 1 saturated heterocycles. The first kappa shape index (κ1) is 19.4. The highest BCUT2D eigenvalue weighted by molar-refractivity contribution is 7.71. The SMILES string of the molecule is COCCCN(C)Cn1nc(N2CCCC2)n(-c2cccc(Cl)c2)c1=S. The van der Waals surface area contributed by atoms with Gasteiger partial charge in [0.25, 0.3) is 0 Å². The normalized spacial score (nSPS) is 14.5. The van der Waals surface area contributed by atoms with E-state index in [2.05, 4.69) is 16.8 Å². The number of benzene rings is 1. The molecule has 0 bridgehead atoms. The molecule has 0 aliphatic carbocycles. The van der Waals surface area contributed by atoms with Crippen molar-refractivity contribution in [2.75, 3.05) is 45.3 Å². The lowest BCUT2D eigenvalue weighted by molar-refractivity contribution is 0.168. The zero-order valence-electron chi connectivity index (χ0n) is 15.4. The molecule has 0 radical (unpaired) electrons. The fourth-order valence-corrected chi connectivity index (χ4v) is 3.70. The average molecular weight is 396 g/mol. The summed E-state index contributed by atoms with van der Waals surface area (Å²) < 4.78 is 9.76. The number of halogens is 1. The summed E-state index contributed by atoms with van der Waals surface area (Å²) in [6.45, 7) is 4.35. The summed E-state index contributed by atoms with van der Waals surface area (Å²) in [5.74, 6) is 0.903. The molecule has 3 rings (SSSR count). The van der Waals surface area contributed by atoms with Crippen molar-refractivity contribution in [3.63, 3.8) is 0 Å². The van der Waals surface area contributed by atoms with Crippen LogP contribution >= 0.6 is 23.8 Å². The molecule has 0 N–H and O–H groups in total. The topological polar surface area (TPSA) is 38.5 Å². The molecule has 142 valence electrons. The Hall–Kier alpha value is -1.41. The highest BCUT2D eigenvalue weighted by atomic mass is 35.5. The van der Waals surface area contributed by atoms with Crippen LogP contribution in [-0.4, -0.2) is 59.6 Å². The number of anilines is 1. The van der Waals surface area contributed by atoms with Crippen LogP contribution in [0, 0.1) is 4.77 Å². The molecule has 8 heteroatoms. The Morgan fingerprint density at radius 3 is 2.77 bits per heavy atom. The molecule has 2 aromatic rings. The lowest BCUT2D eigenvalue weighted by atomic mass is 10.3. The maximum absolute atomic E-state index is 6.21. The zero-order valence-corrected chi connectivity index (χ0v) is 17.0. The summed E-state index contributed by atoms with van der Waals surface area (Å²) in [6, 6.07) is 7.78. The van der Waals surface area contributed by atoms with Gasteiger partial charge in [-0.05, 0) is 56.7 Å². The van der Waals surface area contributed by atoms with E-state index in [4.69, 9.17) is 33.7 Å². The van der Waals surface area contributed by atoms with Gasteiger partial charge >= 0.3 is 0 Å². The van der Waals surface area contributed by atoms with Crippen LogP contribution < -0.4 is 4.90 Å². The van der Waals surface area contributed by atoms with E-state index in [1.807, 2.05) is 33.5 Å². The first-order chi connectivity index (χ1) is 12.6.